The minimum absolute atomic E-state index is 0.00912. The molecule has 1 heterocycles. The second kappa shape index (κ2) is 18.5. The molecule has 10 nitrogen and oxygen atoms in total. The number of rotatable bonds is 19. The number of esters is 2. The van der Waals surface area contributed by atoms with Gasteiger partial charge in [0.2, 0.25) is 6.40 Å². The van der Waals surface area contributed by atoms with E-state index in [1.54, 1.807) is 36.4 Å². The first kappa shape index (κ1) is 34.3. The fourth-order valence-corrected chi connectivity index (χ4v) is 4.73. The first-order valence-electron chi connectivity index (χ1n) is 15.4. The number of benzene rings is 2. The molecule has 0 radical (unpaired) electrons. The smallest absolute Gasteiger partial charge is 0.424 e. The monoisotopic (exact) mass is 608 g/mol. The molecule has 3 aromatic rings. The zero-order valence-electron chi connectivity index (χ0n) is 26.3. The molecule has 238 valence electrons. The predicted molar refractivity (Wildman–Crippen MR) is 168 cm³/mol. The van der Waals surface area contributed by atoms with Crippen molar-refractivity contribution >= 4 is 35.1 Å². The van der Waals surface area contributed by atoms with Crippen LogP contribution in [0, 0.1) is 0 Å². The molecule has 0 saturated heterocycles. The summed E-state index contributed by atoms with van der Waals surface area (Å²) in [5.74, 6) is -1.69. The van der Waals surface area contributed by atoms with Crippen molar-refractivity contribution in [1.29, 1.82) is 0 Å². The second-order valence-electron chi connectivity index (χ2n) is 10.4. The number of ketones is 1. The van der Waals surface area contributed by atoms with Gasteiger partial charge >= 0.3 is 11.9 Å². The average Bonchev–Trinajstić information content (AvgIpc) is 3.42. The molecule has 0 fully saturated rings. The summed E-state index contributed by atoms with van der Waals surface area (Å²) in [6.07, 6.45) is 8.58. The quantitative estimate of drug-likeness (QED) is 0.0214. The molecule has 0 atom stereocenters. The third-order valence-corrected chi connectivity index (χ3v) is 7.07. The Balaban J connectivity index is 1.76. The standard InChI is InChI=1S/C34H44N2O8/c1-5-8-13-29-31(30-27(43-29)14-11-15-28(30)44-34(39)33(38)42-24-35-40-4)32(37)25-16-18-26(19-17-25)41-23-12-22-36(20-9-6-2)21-10-7-3/h11,14-19,24H,5-10,12-13,20-23H2,1-4H3/b35-24+. The first-order chi connectivity index (χ1) is 21.4. The molecule has 0 aliphatic heterocycles. The van der Waals surface area contributed by atoms with E-state index in [1.165, 1.54) is 38.9 Å². The lowest BCUT2D eigenvalue weighted by molar-refractivity contribution is -0.156. The number of ether oxygens (including phenoxy) is 3. The van der Waals surface area contributed by atoms with E-state index in [2.05, 4.69) is 33.5 Å². The van der Waals surface area contributed by atoms with Crippen LogP contribution < -0.4 is 9.47 Å². The van der Waals surface area contributed by atoms with E-state index >= 15 is 0 Å². The number of furan rings is 1. The highest BCUT2D eigenvalue weighted by Gasteiger charge is 2.27. The van der Waals surface area contributed by atoms with E-state index in [4.69, 9.17) is 13.9 Å². The Labute approximate surface area is 259 Å². The molecule has 10 heteroatoms. The molecule has 1 aromatic heterocycles. The number of carbonyl (C=O) groups is 3. The van der Waals surface area contributed by atoms with Gasteiger partial charge < -0.3 is 28.4 Å². The van der Waals surface area contributed by atoms with Crippen molar-refractivity contribution in [2.45, 2.75) is 72.1 Å². The molecule has 0 bridgehead atoms. The van der Waals surface area contributed by atoms with Crippen LogP contribution >= 0.6 is 0 Å². The van der Waals surface area contributed by atoms with Gasteiger partial charge in [-0.15, -0.1) is 0 Å². The van der Waals surface area contributed by atoms with Crippen LogP contribution in [0.5, 0.6) is 11.5 Å². The minimum atomic E-state index is -1.30. The first-order valence-corrected chi connectivity index (χ1v) is 15.4. The molecule has 2 aromatic carbocycles. The number of hydrogen-bond acceptors (Lipinski definition) is 10. The van der Waals surface area contributed by atoms with Crippen LogP contribution in [0.3, 0.4) is 0 Å². The van der Waals surface area contributed by atoms with Crippen LogP contribution in [0.2, 0.25) is 0 Å². The third kappa shape index (κ3) is 9.94. The van der Waals surface area contributed by atoms with Gasteiger partial charge in [-0.2, -0.15) is 0 Å². The molecule has 0 unspecified atom stereocenters. The van der Waals surface area contributed by atoms with Crippen LogP contribution in [0.15, 0.2) is 52.0 Å². The normalized spacial score (nSPS) is 11.3. The van der Waals surface area contributed by atoms with Crippen molar-refractivity contribution in [2.24, 2.45) is 5.16 Å². The van der Waals surface area contributed by atoms with Crippen molar-refractivity contribution < 1.29 is 37.8 Å². The molecular weight excluding hydrogens is 564 g/mol. The van der Waals surface area contributed by atoms with Crippen LogP contribution in [0.25, 0.3) is 11.0 Å². The number of nitrogens with zero attached hydrogens (tertiary/aromatic N) is 2. The lowest BCUT2D eigenvalue weighted by atomic mass is 9.98. The number of carbonyl (C=O) groups excluding carboxylic acids is 3. The SMILES string of the molecule is CCCCc1oc2cccc(OC(=O)C(=O)O/C=N/OC)c2c1C(=O)c1ccc(OCCCN(CCCC)CCCC)cc1. The van der Waals surface area contributed by atoms with Gasteiger partial charge in [0.05, 0.1) is 17.6 Å². The van der Waals surface area contributed by atoms with Crippen molar-refractivity contribution in [2.75, 3.05) is 33.4 Å². The largest absolute Gasteiger partial charge is 0.494 e. The summed E-state index contributed by atoms with van der Waals surface area (Å²) in [7, 11) is 1.26. The van der Waals surface area contributed by atoms with E-state index in [0.29, 0.717) is 53.0 Å². The van der Waals surface area contributed by atoms with Crippen molar-refractivity contribution in [3.8, 4) is 11.5 Å². The topological polar surface area (TPSA) is 117 Å². The minimum Gasteiger partial charge on any atom is -0.494 e. The van der Waals surface area contributed by atoms with Crippen LogP contribution in [0.1, 0.15) is 87.4 Å². The molecule has 0 spiro atoms. The maximum Gasteiger partial charge on any atom is 0.424 e. The number of unbranched alkanes of at least 4 members (excludes halogenated alkanes) is 3. The van der Waals surface area contributed by atoms with Crippen molar-refractivity contribution in [3.05, 3.63) is 59.4 Å². The molecule has 44 heavy (non-hydrogen) atoms. The fourth-order valence-electron chi connectivity index (χ4n) is 4.73. The van der Waals surface area contributed by atoms with Gasteiger partial charge in [0, 0.05) is 18.5 Å². The van der Waals surface area contributed by atoms with E-state index < -0.39 is 11.9 Å². The van der Waals surface area contributed by atoms with Gasteiger partial charge in [0.15, 0.2) is 5.78 Å². The number of oxime groups is 1. The third-order valence-electron chi connectivity index (χ3n) is 7.07. The van der Waals surface area contributed by atoms with E-state index in [-0.39, 0.29) is 11.5 Å². The Morgan fingerprint density at radius 3 is 2.20 bits per heavy atom. The Kier molecular flexibility index (Phi) is 14.4. The molecule has 0 amide bonds. The maximum atomic E-state index is 13.9. The summed E-state index contributed by atoms with van der Waals surface area (Å²) in [4.78, 5) is 45.3. The molecular formula is C34H44N2O8. The zero-order valence-corrected chi connectivity index (χ0v) is 26.3. The van der Waals surface area contributed by atoms with Crippen molar-refractivity contribution in [1.82, 2.24) is 4.90 Å². The van der Waals surface area contributed by atoms with E-state index in [1.807, 2.05) is 6.92 Å². The summed E-state index contributed by atoms with van der Waals surface area (Å²) in [5, 5.41) is 3.57. The fraction of sp³-hybridized carbons (Fsp3) is 0.471. The molecule has 0 saturated carbocycles. The molecule has 0 aliphatic rings. The van der Waals surface area contributed by atoms with Crippen LogP contribution in [-0.2, 0) is 25.6 Å². The Morgan fingerprint density at radius 2 is 1.55 bits per heavy atom. The Hall–Kier alpha value is -4.18. The summed E-state index contributed by atoms with van der Waals surface area (Å²) in [5.41, 5.74) is 1.09. The van der Waals surface area contributed by atoms with E-state index in [9.17, 15) is 14.4 Å². The van der Waals surface area contributed by atoms with Gasteiger partial charge in [0.1, 0.15) is 30.0 Å². The van der Waals surface area contributed by atoms with Crippen molar-refractivity contribution in [3.63, 3.8) is 0 Å². The van der Waals surface area contributed by atoms with Gasteiger partial charge in [-0.3, -0.25) is 4.79 Å². The van der Waals surface area contributed by atoms with Gasteiger partial charge in [-0.25, -0.2) is 9.59 Å². The maximum absolute atomic E-state index is 13.9. The summed E-state index contributed by atoms with van der Waals surface area (Å²) >= 11 is 0. The lowest BCUT2D eigenvalue weighted by Gasteiger charge is -2.21. The van der Waals surface area contributed by atoms with Gasteiger partial charge in [-0.05, 0) is 75.2 Å². The molecule has 3 rings (SSSR count). The molecule has 0 aliphatic carbocycles. The highest BCUT2D eigenvalue weighted by Crippen LogP contribution is 2.36. The lowest BCUT2D eigenvalue weighted by Crippen LogP contribution is -2.28. The van der Waals surface area contributed by atoms with E-state index in [0.717, 1.165) is 38.9 Å². The Bertz CT molecular complexity index is 1370. The number of aryl methyl sites for hydroxylation is 1. The zero-order chi connectivity index (χ0) is 31.7. The van der Waals surface area contributed by atoms with Crippen LogP contribution in [-0.4, -0.2) is 62.4 Å². The molecule has 0 N–H and O–H groups in total. The highest BCUT2D eigenvalue weighted by molar-refractivity contribution is 6.32. The van der Waals surface area contributed by atoms with Gasteiger partial charge in [0.25, 0.3) is 0 Å². The second-order valence-corrected chi connectivity index (χ2v) is 10.4. The highest BCUT2D eigenvalue weighted by atomic mass is 16.6. The summed E-state index contributed by atoms with van der Waals surface area (Å²) in [6, 6.07) is 11.8. The van der Waals surface area contributed by atoms with Gasteiger partial charge in [-0.1, -0.05) is 51.3 Å². The summed E-state index contributed by atoms with van der Waals surface area (Å²) in [6.45, 7) is 10.3. The number of fused-ring (bicyclic) bond motifs is 1. The Morgan fingerprint density at radius 1 is 0.864 bits per heavy atom. The average molecular weight is 609 g/mol. The summed E-state index contributed by atoms with van der Waals surface area (Å²) < 4.78 is 22.0. The predicted octanol–water partition coefficient (Wildman–Crippen LogP) is 6.72. The number of hydrogen-bond donors (Lipinski definition) is 0. The van der Waals surface area contributed by atoms with Crippen LogP contribution in [0.4, 0.5) is 0 Å².